The molecule has 0 bridgehead atoms. The fourth-order valence-electron chi connectivity index (χ4n) is 7.16. The second-order valence-corrected chi connectivity index (χ2v) is 9.54. The molecule has 170 valence electrons. The topological polar surface area (TPSA) is 93.1 Å². The van der Waals surface area contributed by atoms with Gasteiger partial charge in [0.1, 0.15) is 6.61 Å². The Bertz CT molecular complexity index is 1340. The second kappa shape index (κ2) is 7.08. The number of fused-ring (bicyclic) bond motifs is 7. The highest BCUT2D eigenvalue weighted by molar-refractivity contribution is 6.01. The van der Waals surface area contributed by atoms with E-state index in [9.17, 15) is 19.8 Å². The summed E-state index contributed by atoms with van der Waals surface area (Å²) in [6.07, 6.45) is -14.8. The van der Waals surface area contributed by atoms with Crippen LogP contribution in [0.5, 0.6) is 0 Å². The Balaban J connectivity index is 1.63. The lowest BCUT2D eigenvalue weighted by Gasteiger charge is -2.59. The number of ether oxygens (including phenoxy) is 2. The zero-order valence-electron chi connectivity index (χ0n) is 29.3. The fraction of sp³-hybridized carbons (Fsp3) is 0.760. The summed E-state index contributed by atoms with van der Waals surface area (Å²) in [4.78, 5) is 26.2. The van der Waals surface area contributed by atoms with Crippen molar-refractivity contribution < 1.29 is 45.7 Å². The molecule has 6 heteroatoms. The molecule has 0 radical (unpaired) electrons. The number of carbonyl (C=O) groups excluding carboxylic acids is 2. The van der Waals surface area contributed by atoms with E-state index >= 15 is 0 Å². The second-order valence-electron chi connectivity index (χ2n) is 9.54. The maximum Gasteiger partial charge on any atom is 0.193 e. The first kappa shape index (κ1) is 11.7. The Morgan fingerprint density at radius 2 is 2.29 bits per heavy atom. The van der Waals surface area contributed by atoms with E-state index in [1.54, 1.807) is 6.92 Å². The molecule has 4 fully saturated rings. The Morgan fingerprint density at radius 3 is 3.03 bits per heavy atom. The van der Waals surface area contributed by atoms with Crippen molar-refractivity contribution in [2.24, 2.45) is 28.6 Å². The lowest BCUT2D eigenvalue weighted by Crippen LogP contribution is -2.63. The summed E-state index contributed by atoms with van der Waals surface area (Å²) in [7, 11) is 0. The molecule has 1 saturated heterocycles. The van der Waals surface area contributed by atoms with Crippen molar-refractivity contribution in [3.8, 4) is 0 Å². The monoisotopic (exact) mass is 442 g/mol. The summed E-state index contributed by atoms with van der Waals surface area (Å²) >= 11 is 0. The Hall–Kier alpha value is -1.34. The standard InChI is InChI=1S/C25H34O6/c1-4-5-21-30-20-11-17-16-7-6-14-10-15(27)8-9-23(14,2)22(16)18(28)12-24(17,3)25(20,31-21)19(29)13-26/h8-10,16-18,20-22,26,28H,4-7,11-13H2,1-3H3/t16-,17-,18-,20+,21?,22+,23-,24-,25+/m0/s1/i1D3,4D2,5D2,6D2,8D,9D,10D. The molecule has 0 aromatic rings. The van der Waals surface area contributed by atoms with Gasteiger partial charge in [-0.15, -0.1) is 0 Å². The number of Topliss-reactive ketones (excluding diaryl/α,β-unsaturated/α-hetero) is 1. The molecule has 4 aliphatic carbocycles. The van der Waals surface area contributed by atoms with Crippen LogP contribution < -0.4 is 0 Å². The number of carbonyl (C=O) groups is 2. The maximum atomic E-state index is 13.6. The Kier molecular flexibility index (Phi) is 2.67. The molecule has 31 heavy (non-hydrogen) atoms. The van der Waals surface area contributed by atoms with Gasteiger partial charge in [-0.25, -0.2) is 0 Å². The highest BCUT2D eigenvalue weighted by atomic mass is 16.7. The molecule has 0 spiro atoms. The van der Waals surface area contributed by atoms with Crippen molar-refractivity contribution in [3.05, 3.63) is 23.7 Å². The predicted octanol–water partition coefficient (Wildman–Crippen LogP) is 2.72. The summed E-state index contributed by atoms with van der Waals surface area (Å²) < 4.78 is 110. The van der Waals surface area contributed by atoms with Gasteiger partial charge in [0, 0.05) is 29.1 Å². The molecule has 9 atom stereocenters. The van der Waals surface area contributed by atoms with E-state index in [0.29, 0.717) is 0 Å². The van der Waals surface area contributed by atoms with E-state index in [4.69, 9.17) is 25.9 Å². The first-order valence-electron chi connectivity index (χ1n) is 16.5. The van der Waals surface area contributed by atoms with Gasteiger partial charge in [0.05, 0.1) is 16.3 Å². The van der Waals surface area contributed by atoms with E-state index in [2.05, 4.69) is 0 Å². The lowest BCUT2D eigenvalue weighted by molar-refractivity contribution is -0.200. The van der Waals surface area contributed by atoms with Crippen LogP contribution in [0.25, 0.3) is 0 Å². The molecule has 6 nitrogen and oxygen atoms in total. The zero-order chi connectivity index (χ0) is 32.7. The van der Waals surface area contributed by atoms with Gasteiger partial charge in [-0.05, 0) is 55.9 Å². The minimum Gasteiger partial charge on any atom is -0.393 e. The number of aliphatic hydroxyl groups is 2. The molecule has 1 heterocycles. The molecular formula is C25H34O6. The third-order valence-electron chi connectivity index (χ3n) is 8.32. The largest absolute Gasteiger partial charge is 0.393 e. The lowest BCUT2D eigenvalue weighted by atomic mass is 9.46. The van der Waals surface area contributed by atoms with Crippen LogP contribution in [0.3, 0.4) is 0 Å². The third kappa shape index (κ3) is 2.65. The number of ketones is 2. The van der Waals surface area contributed by atoms with Crippen molar-refractivity contribution in [2.45, 2.75) is 83.2 Å². The summed E-state index contributed by atoms with van der Waals surface area (Å²) in [5, 5.41) is 21.8. The minimum atomic E-state index is -3.49. The third-order valence-corrected chi connectivity index (χ3v) is 8.32. The van der Waals surface area contributed by atoms with Gasteiger partial charge in [0.2, 0.25) is 0 Å². The van der Waals surface area contributed by atoms with Gasteiger partial charge in [0.25, 0.3) is 0 Å². The molecular weight excluding hydrogens is 396 g/mol. The Labute approximate surface area is 200 Å². The molecule has 3 saturated carbocycles. The van der Waals surface area contributed by atoms with Crippen LogP contribution in [0.2, 0.25) is 0 Å². The predicted molar refractivity (Wildman–Crippen MR) is 113 cm³/mol. The number of rotatable bonds is 4. The van der Waals surface area contributed by atoms with Crippen LogP contribution in [0.1, 0.15) is 75.5 Å². The van der Waals surface area contributed by atoms with Crippen molar-refractivity contribution in [2.75, 3.05) is 6.61 Å². The molecule has 1 aliphatic heterocycles. The summed E-state index contributed by atoms with van der Waals surface area (Å²) in [5.41, 5.74) is -5.66. The highest BCUT2D eigenvalue weighted by Gasteiger charge is 2.75. The average molecular weight is 443 g/mol. The van der Waals surface area contributed by atoms with Crippen molar-refractivity contribution in [1.29, 1.82) is 0 Å². The van der Waals surface area contributed by atoms with Crippen LogP contribution in [0, 0.1) is 28.6 Å². The summed E-state index contributed by atoms with van der Waals surface area (Å²) in [6, 6.07) is -2.04. The number of allylic oxidation sites excluding steroid dienone is 4. The van der Waals surface area contributed by atoms with Crippen LogP contribution in [0.15, 0.2) is 23.7 Å². The highest BCUT2D eigenvalue weighted by Crippen LogP contribution is 2.69. The molecule has 0 aromatic carbocycles. The van der Waals surface area contributed by atoms with Gasteiger partial charge in [-0.3, -0.25) is 9.59 Å². The first-order chi connectivity index (χ1) is 19.4. The van der Waals surface area contributed by atoms with Crippen LogP contribution in [-0.4, -0.2) is 52.5 Å². The summed E-state index contributed by atoms with van der Waals surface area (Å²) in [6.45, 7) is -1.58. The molecule has 1 unspecified atom stereocenters. The minimum absolute atomic E-state index is 0.109. The smallest absolute Gasteiger partial charge is 0.193 e. The maximum absolute atomic E-state index is 13.6. The van der Waals surface area contributed by atoms with Crippen LogP contribution >= 0.6 is 0 Å². The van der Waals surface area contributed by atoms with Crippen LogP contribution in [-0.2, 0) is 19.1 Å². The van der Waals surface area contributed by atoms with Gasteiger partial charge < -0.3 is 19.7 Å². The number of hydrogen-bond acceptors (Lipinski definition) is 6. The average Bonchev–Trinajstić information content (AvgIpc) is 3.38. The molecule has 2 N–H and O–H groups in total. The van der Waals surface area contributed by atoms with E-state index in [1.807, 2.05) is 0 Å². The van der Waals surface area contributed by atoms with Crippen molar-refractivity contribution in [3.63, 3.8) is 0 Å². The summed E-state index contributed by atoms with van der Waals surface area (Å²) in [5.74, 6) is -4.58. The molecule has 0 amide bonds. The van der Waals surface area contributed by atoms with Crippen molar-refractivity contribution >= 4 is 11.6 Å². The molecule has 0 aromatic heterocycles. The van der Waals surface area contributed by atoms with E-state index in [-0.39, 0.29) is 24.8 Å². The van der Waals surface area contributed by atoms with Crippen molar-refractivity contribution in [1.82, 2.24) is 0 Å². The fourth-order valence-corrected chi connectivity index (χ4v) is 7.16. The SMILES string of the molecule is [2H]C1=C([2H])[C@@]2(C)C(=C([2H])C1=O)C([2H])([2H])C[C@@H]1[C@@H]2[C@@H](O)C[C@@]2(C)[C@H]1C[C@H]1OC(C([2H])([2H])C([2H])([2H])C([2H])([2H])[2H])O[C@]12C(=O)CO. The normalized spacial score (nSPS) is 59.9. The van der Waals surface area contributed by atoms with E-state index < -0.39 is 115 Å². The van der Waals surface area contributed by atoms with Gasteiger partial charge in [-0.2, -0.15) is 0 Å². The first-order valence-corrected chi connectivity index (χ1v) is 10.5. The quantitative estimate of drug-likeness (QED) is 0.695. The van der Waals surface area contributed by atoms with Gasteiger partial charge >= 0.3 is 0 Å². The van der Waals surface area contributed by atoms with E-state index in [1.165, 1.54) is 6.92 Å². The molecule has 5 aliphatic rings. The zero-order valence-corrected chi connectivity index (χ0v) is 17.3. The van der Waals surface area contributed by atoms with E-state index in [0.717, 1.165) is 0 Å². The van der Waals surface area contributed by atoms with Gasteiger partial charge in [-0.1, -0.05) is 38.7 Å². The van der Waals surface area contributed by atoms with Crippen LogP contribution in [0.4, 0.5) is 0 Å². The molecule has 5 rings (SSSR count). The number of hydrogen-bond donors (Lipinski definition) is 2. The number of aliphatic hydroxyl groups excluding tert-OH is 2. The Morgan fingerprint density at radius 1 is 1.48 bits per heavy atom. The van der Waals surface area contributed by atoms with Gasteiger partial charge in [0.15, 0.2) is 23.5 Å².